The van der Waals surface area contributed by atoms with E-state index in [-0.39, 0.29) is 0 Å². The summed E-state index contributed by atoms with van der Waals surface area (Å²) >= 11 is 7.45. The molecule has 0 saturated carbocycles. The van der Waals surface area contributed by atoms with Gasteiger partial charge in [-0.25, -0.2) is 4.98 Å². The molecule has 0 aromatic carbocycles. The zero-order valence-corrected chi connectivity index (χ0v) is 9.58. The van der Waals surface area contributed by atoms with Crippen LogP contribution in [-0.4, -0.2) is 16.9 Å². The third-order valence-electron chi connectivity index (χ3n) is 1.92. The molecule has 4 heteroatoms. The zero-order valence-electron chi connectivity index (χ0n) is 8.01. The zero-order chi connectivity index (χ0) is 9.68. The molecule has 1 heterocycles. The fraction of sp³-hybridized carbons (Fsp3) is 0.667. The number of halogens is 1. The van der Waals surface area contributed by atoms with Crippen LogP contribution in [-0.2, 0) is 6.54 Å². The van der Waals surface area contributed by atoms with Crippen molar-refractivity contribution >= 4 is 22.9 Å². The number of aryl methyl sites for hydroxylation is 1. The summed E-state index contributed by atoms with van der Waals surface area (Å²) in [6.07, 6.45) is 1.06. The first kappa shape index (κ1) is 11.0. The van der Waals surface area contributed by atoms with Gasteiger partial charge in [0.05, 0.1) is 10.7 Å². The molecule has 1 N–H and O–H groups in total. The van der Waals surface area contributed by atoms with Crippen molar-refractivity contribution in [1.29, 1.82) is 0 Å². The summed E-state index contributed by atoms with van der Waals surface area (Å²) in [4.78, 5) is 4.36. The van der Waals surface area contributed by atoms with Crippen molar-refractivity contribution in [1.82, 2.24) is 10.3 Å². The van der Waals surface area contributed by atoms with Crippen molar-refractivity contribution in [3.8, 4) is 0 Å². The second-order valence-corrected chi connectivity index (χ2v) is 4.37. The predicted molar refractivity (Wildman–Crippen MR) is 58.5 cm³/mol. The highest BCUT2D eigenvalue weighted by Gasteiger charge is 2.04. The summed E-state index contributed by atoms with van der Waals surface area (Å²) in [5.74, 6) is 0.666. The number of nitrogens with one attached hydrogen (secondary N) is 1. The van der Waals surface area contributed by atoms with Crippen molar-refractivity contribution in [2.75, 3.05) is 5.88 Å². The molecule has 0 radical (unpaired) electrons. The summed E-state index contributed by atoms with van der Waals surface area (Å²) in [5, 5.41) is 6.57. The number of thiazole rings is 1. The van der Waals surface area contributed by atoms with E-state index >= 15 is 0 Å². The number of alkyl halides is 1. The summed E-state index contributed by atoms with van der Waals surface area (Å²) < 4.78 is 0. The highest BCUT2D eigenvalue weighted by molar-refractivity contribution is 7.09. The minimum absolute atomic E-state index is 0.406. The molecule has 0 bridgehead atoms. The lowest BCUT2D eigenvalue weighted by molar-refractivity contribution is 0.534. The first-order valence-corrected chi connectivity index (χ1v) is 5.88. The molecule has 1 aromatic rings. The molecule has 0 aliphatic rings. The Bertz CT molecular complexity index is 246. The van der Waals surface area contributed by atoms with E-state index in [1.807, 2.05) is 6.92 Å². The maximum absolute atomic E-state index is 5.76. The van der Waals surface area contributed by atoms with Gasteiger partial charge in [-0.3, -0.25) is 0 Å². The van der Waals surface area contributed by atoms with Crippen molar-refractivity contribution in [2.24, 2.45) is 0 Å². The second-order valence-electron chi connectivity index (χ2n) is 3.00. The molecule has 0 aliphatic heterocycles. The Labute approximate surface area is 88.3 Å². The van der Waals surface area contributed by atoms with Gasteiger partial charge in [-0.2, -0.15) is 0 Å². The molecule has 13 heavy (non-hydrogen) atoms. The van der Waals surface area contributed by atoms with Crippen LogP contribution in [0.25, 0.3) is 0 Å². The van der Waals surface area contributed by atoms with E-state index in [1.165, 1.54) is 0 Å². The second kappa shape index (κ2) is 5.58. The molecule has 1 unspecified atom stereocenters. The lowest BCUT2D eigenvalue weighted by Gasteiger charge is -2.11. The van der Waals surface area contributed by atoms with E-state index in [0.29, 0.717) is 11.9 Å². The van der Waals surface area contributed by atoms with Gasteiger partial charge in [0.25, 0.3) is 0 Å². The fourth-order valence-electron chi connectivity index (χ4n) is 1.05. The van der Waals surface area contributed by atoms with Crippen molar-refractivity contribution in [3.05, 3.63) is 16.1 Å². The van der Waals surface area contributed by atoms with Gasteiger partial charge in [0.2, 0.25) is 0 Å². The summed E-state index contributed by atoms with van der Waals surface area (Å²) in [6, 6.07) is 0.406. The third-order valence-corrected chi connectivity index (χ3v) is 3.11. The van der Waals surface area contributed by atoms with Gasteiger partial charge in [-0.05, 0) is 13.3 Å². The minimum Gasteiger partial charge on any atom is -0.307 e. The lowest BCUT2D eigenvalue weighted by atomic mass is 10.2. The van der Waals surface area contributed by atoms with E-state index < -0.39 is 0 Å². The molecular formula is C9H15ClN2S. The Morgan fingerprint density at radius 1 is 1.69 bits per heavy atom. The monoisotopic (exact) mass is 218 g/mol. The number of hydrogen-bond acceptors (Lipinski definition) is 3. The van der Waals surface area contributed by atoms with Crippen LogP contribution in [0.1, 0.15) is 24.0 Å². The molecule has 0 saturated heterocycles. The molecule has 0 fully saturated rings. The van der Waals surface area contributed by atoms with Crippen LogP contribution in [0.5, 0.6) is 0 Å². The topological polar surface area (TPSA) is 24.9 Å². The van der Waals surface area contributed by atoms with Crippen molar-refractivity contribution in [3.63, 3.8) is 0 Å². The molecule has 0 aliphatic carbocycles. The average Bonchev–Trinajstić information content (AvgIpc) is 2.53. The molecule has 74 valence electrons. The lowest BCUT2D eigenvalue weighted by Crippen LogP contribution is -2.29. The molecule has 1 rings (SSSR count). The van der Waals surface area contributed by atoms with Gasteiger partial charge in [0.15, 0.2) is 0 Å². The van der Waals surface area contributed by atoms with E-state index in [9.17, 15) is 0 Å². The van der Waals surface area contributed by atoms with Crippen LogP contribution in [0.2, 0.25) is 0 Å². The highest BCUT2D eigenvalue weighted by Crippen LogP contribution is 2.08. The number of hydrogen-bond donors (Lipinski definition) is 1. The number of rotatable bonds is 5. The maximum atomic E-state index is 5.76. The Morgan fingerprint density at radius 3 is 2.92 bits per heavy atom. The van der Waals surface area contributed by atoms with Crippen LogP contribution >= 0.6 is 22.9 Å². The van der Waals surface area contributed by atoms with Gasteiger partial charge < -0.3 is 5.32 Å². The van der Waals surface area contributed by atoms with E-state index in [1.54, 1.807) is 11.3 Å². The predicted octanol–water partition coefficient (Wildman–Crippen LogP) is 2.56. The summed E-state index contributed by atoms with van der Waals surface area (Å²) in [7, 11) is 0. The smallest absolute Gasteiger partial charge is 0.0897 e. The molecule has 1 atom stereocenters. The van der Waals surface area contributed by atoms with Crippen LogP contribution in [0.3, 0.4) is 0 Å². The van der Waals surface area contributed by atoms with E-state index in [0.717, 1.165) is 23.7 Å². The van der Waals surface area contributed by atoms with Crippen LogP contribution in [0.4, 0.5) is 0 Å². The Morgan fingerprint density at radius 2 is 2.46 bits per heavy atom. The number of nitrogens with zero attached hydrogens (tertiary/aromatic N) is 1. The molecule has 2 nitrogen and oxygen atoms in total. The fourth-order valence-corrected chi connectivity index (χ4v) is 1.99. The van der Waals surface area contributed by atoms with Crippen molar-refractivity contribution < 1.29 is 0 Å². The van der Waals surface area contributed by atoms with Gasteiger partial charge >= 0.3 is 0 Å². The third kappa shape index (κ3) is 3.63. The summed E-state index contributed by atoms with van der Waals surface area (Å²) in [5.41, 5.74) is 1.12. The van der Waals surface area contributed by atoms with Gasteiger partial charge in [-0.15, -0.1) is 22.9 Å². The molecule has 1 aromatic heterocycles. The Balaban J connectivity index is 2.33. The van der Waals surface area contributed by atoms with Crippen LogP contribution in [0, 0.1) is 6.92 Å². The first-order valence-electron chi connectivity index (χ1n) is 4.46. The normalized spacial score (nSPS) is 13.2. The Kier molecular flexibility index (Phi) is 4.70. The van der Waals surface area contributed by atoms with Crippen molar-refractivity contribution in [2.45, 2.75) is 32.9 Å². The standard InChI is InChI=1S/C9H15ClN2S/c1-3-8(4-10)11-5-9-6-13-7(2)12-9/h6,8,11H,3-5H2,1-2H3. The van der Waals surface area contributed by atoms with E-state index in [4.69, 9.17) is 11.6 Å². The van der Waals surface area contributed by atoms with E-state index in [2.05, 4.69) is 22.6 Å². The molecule has 0 amide bonds. The maximum Gasteiger partial charge on any atom is 0.0897 e. The number of aromatic nitrogens is 1. The molecule has 0 spiro atoms. The van der Waals surface area contributed by atoms with Gasteiger partial charge in [0, 0.05) is 23.8 Å². The SMILES string of the molecule is CCC(CCl)NCc1csc(C)n1. The summed E-state index contributed by atoms with van der Waals surface area (Å²) in [6.45, 7) is 4.98. The Hall–Kier alpha value is -0.120. The highest BCUT2D eigenvalue weighted by atomic mass is 35.5. The van der Waals surface area contributed by atoms with Gasteiger partial charge in [0.1, 0.15) is 0 Å². The minimum atomic E-state index is 0.406. The van der Waals surface area contributed by atoms with Crippen LogP contribution < -0.4 is 5.32 Å². The van der Waals surface area contributed by atoms with Crippen LogP contribution in [0.15, 0.2) is 5.38 Å². The average molecular weight is 219 g/mol. The quantitative estimate of drug-likeness (QED) is 0.769. The largest absolute Gasteiger partial charge is 0.307 e. The molecular weight excluding hydrogens is 204 g/mol. The first-order chi connectivity index (χ1) is 6.26. The van der Waals surface area contributed by atoms with Gasteiger partial charge in [-0.1, -0.05) is 6.92 Å².